The van der Waals surface area contributed by atoms with E-state index in [2.05, 4.69) is 15.3 Å². The van der Waals surface area contributed by atoms with Crippen LogP contribution in [0.5, 0.6) is 6.01 Å². The van der Waals surface area contributed by atoms with Gasteiger partial charge in [-0.1, -0.05) is 0 Å². The van der Waals surface area contributed by atoms with E-state index >= 15 is 0 Å². The maximum Gasteiger partial charge on any atom is 0.329 e. The number of hydrogen-bond donors (Lipinski definition) is 1. The van der Waals surface area contributed by atoms with E-state index in [1.807, 2.05) is 0 Å². The average Bonchev–Trinajstić information content (AvgIpc) is 2.38. The van der Waals surface area contributed by atoms with Gasteiger partial charge >= 0.3 is 12.0 Å². The van der Waals surface area contributed by atoms with Crippen LogP contribution in [0.25, 0.3) is 0 Å². The maximum absolute atomic E-state index is 11.7. The first-order valence-corrected chi connectivity index (χ1v) is 5.86. The van der Waals surface area contributed by atoms with Crippen LogP contribution in [0, 0.1) is 0 Å². The molecule has 1 atom stereocenters. The van der Waals surface area contributed by atoms with Gasteiger partial charge in [-0.2, -0.15) is 0 Å². The Morgan fingerprint density at radius 2 is 2.21 bits per heavy atom. The SMILES string of the molecule is CCOC(=O)C(Cc1ccnc(OC)n1)NC(C)=O. The summed E-state index contributed by atoms with van der Waals surface area (Å²) in [5, 5.41) is 2.54. The highest BCUT2D eigenvalue weighted by molar-refractivity contribution is 5.83. The first kappa shape index (κ1) is 14.9. The largest absolute Gasteiger partial charge is 0.467 e. The summed E-state index contributed by atoms with van der Waals surface area (Å²) in [6.07, 6.45) is 1.74. The predicted molar refractivity (Wildman–Crippen MR) is 66.5 cm³/mol. The summed E-state index contributed by atoms with van der Waals surface area (Å²) >= 11 is 0. The van der Waals surface area contributed by atoms with E-state index in [-0.39, 0.29) is 24.9 Å². The van der Waals surface area contributed by atoms with E-state index in [4.69, 9.17) is 9.47 Å². The summed E-state index contributed by atoms with van der Waals surface area (Å²) in [5.41, 5.74) is 0.582. The molecule has 7 nitrogen and oxygen atoms in total. The van der Waals surface area contributed by atoms with Gasteiger partial charge in [-0.15, -0.1) is 0 Å². The molecule has 19 heavy (non-hydrogen) atoms. The molecule has 1 aromatic rings. The van der Waals surface area contributed by atoms with Gasteiger partial charge < -0.3 is 14.8 Å². The molecular weight excluding hydrogens is 250 g/mol. The lowest BCUT2D eigenvalue weighted by Crippen LogP contribution is -2.42. The molecule has 1 unspecified atom stereocenters. The van der Waals surface area contributed by atoms with Gasteiger partial charge in [0.05, 0.1) is 19.4 Å². The molecule has 0 bridgehead atoms. The topological polar surface area (TPSA) is 90.4 Å². The second-order valence-electron chi connectivity index (χ2n) is 3.74. The highest BCUT2D eigenvalue weighted by Crippen LogP contribution is 2.06. The van der Waals surface area contributed by atoms with Crippen molar-refractivity contribution in [2.24, 2.45) is 0 Å². The molecule has 0 aromatic carbocycles. The lowest BCUT2D eigenvalue weighted by Gasteiger charge is -2.15. The molecule has 1 amide bonds. The van der Waals surface area contributed by atoms with Crippen LogP contribution in [-0.4, -0.2) is 41.6 Å². The number of aromatic nitrogens is 2. The van der Waals surface area contributed by atoms with Gasteiger partial charge in [0.1, 0.15) is 6.04 Å². The molecule has 1 aromatic heterocycles. The lowest BCUT2D eigenvalue weighted by molar-refractivity contribution is -0.147. The summed E-state index contributed by atoms with van der Waals surface area (Å²) in [4.78, 5) is 30.8. The van der Waals surface area contributed by atoms with Crippen molar-refractivity contribution in [1.29, 1.82) is 0 Å². The van der Waals surface area contributed by atoms with Crippen molar-refractivity contribution in [3.05, 3.63) is 18.0 Å². The van der Waals surface area contributed by atoms with Crippen LogP contribution in [0.3, 0.4) is 0 Å². The zero-order valence-corrected chi connectivity index (χ0v) is 11.2. The molecule has 0 spiro atoms. The summed E-state index contributed by atoms with van der Waals surface area (Å²) in [6, 6.07) is 1.09. The summed E-state index contributed by atoms with van der Waals surface area (Å²) in [5.74, 6) is -0.797. The third-order valence-corrected chi connectivity index (χ3v) is 2.24. The van der Waals surface area contributed by atoms with Gasteiger partial charge in [-0.25, -0.2) is 14.8 Å². The van der Waals surface area contributed by atoms with Crippen LogP contribution in [0.4, 0.5) is 0 Å². The zero-order valence-electron chi connectivity index (χ0n) is 11.2. The minimum Gasteiger partial charge on any atom is -0.467 e. The Kier molecular flexibility index (Phi) is 5.72. The van der Waals surface area contributed by atoms with Crippen LogP contribution in [0.15, 0.2) is 12.3 Å². The molecule has 0 radical (unpaired) electrons. The molecule has 0 aliphatic carbocycles. The Balaban J connectivity index is 2.80. The standard InChI is InChI=1S/C12H17N3O4/c1-4-19-11(17)10(14-8(2)16)7-9-5-6-13-12(15-9)18-3/h5-6,10H,4,7H2,1-3H3,(H,14,16). The molecule has 1 rings (SSSR count). The Morgan fingerprint density at radius 3 is 2.79 bits per heavy atom. The van der Waals surface area contributed by atoms with Gasteiger partial charge in [-0.3, -0.25) is 4.79 Å². The van der Waals surface area contributed by atoms with Crippen molar-refractivity contribution < 1.29 is 19.1 Å². The van der Waals surface area contributed by atoms with Crippen molar-refractivity contribution in [1.82, 2.24) is 15.3 Å². The Hall–Kier alpha value is -2.18. The Labute approximate surface area is 111 Å². The number of methoxy groups -OCH3 is 1. The number of nitrogens with one attached hydrogen (secondary N) is 1. The van der Waals surface area contributed by atoms with Crippen LogP contribution in [0.2, 0.25) is 0 Å². The van der Waals surface area contributed by atoms with E-state index in [9.17, 15) is 9.59 Å². The third kappa shape index (κ3) is 4.90. The summed E-state index contributed by atoms with van der Waals surface area (Å²) in [6.45, 7) is 3.30. The number of ether oxygens (including phenoxy) is 2. The van der Waals surface area contributed by atoms with Crippen molar-refractivity contribution in [2.45, 2.75) is 26.3 Å². The van der Waals surface area contributed by atoms with Crippen molar-refractivity contribution in [2.75, 3.05) is 13.7 Å². The van der Waals surface area contributed by atoms with Crippen LogP contribution >= 0.6 is 0 Å². The monoisotopic (exact) mass is 267 g/mol. The van der Waals surface area contributed by atoms with Gasteiger partial charge in [0.2, 0.25) is 5.91 Å². The van der Waals surface area contributed by atoms with E-state index in [0.29, 0.717) is 5.69 Å². The highest BCUT2D eigenvalue weighted by atomic mass is 16.5. The fourth-order valence-corrected chi connectivity index (χ4v) is 1.48. The molecule has 0 saturated heterocycles. The maximum atomic E-state index is 11.7. The molecule has 1 N–H and O–H groups in total. The number of hydrogen-bond acceptors (Lipinski definition) is 6. The number of esters is 1. The van der Waals surface area contributed by atoms with E-state index in [1.165, 1.54) is 20.2 Å². The third-order valence-electron chi connectivity index (χ3n) is 2.24. The molecule has 0 aliphatic rings. The van der Waals surface area contributed by atoms with Gasteiger partial charge in [-0.05, 0) is 13.0 Å². The molecule has 104 valence electrons. The van der Waals surface area contributed by atoms with Crippen LogP contribution in [-0.2, 0) is 20.7 Å². The van der Waals surface area contributed by atoms with Gasteiger partial charge in [0, 0.05) is 19.5 Å². The Morgan fingerprint density at radius 1 is 1.47 bits per heavy atom. The minimum absolute atomic E-state index is 0.211. The number of carbonyl (C=O) groups is 2. The van der Waals surface area contributed by atoms with E-state index in [0.717, 1.165) is 0 Å². The summed E-state index contributed by atoms with van der Waals surface area (Å²) in [7, 11) is 1.45. The van der Waals surface area contributed by atoms with E-state index < -0.39 is 12.0 Å². The smallest absolute Gasteiger partial charge is 0.329 e. The molecule has 1 heterocycles. The fourth-order valence-electron chi connectivity index (χ4n) is 1.48. The fraction of sp³-hybridized carbons (Fsp3) is 0.500. The lowest BCUT2D eigenvalue weighted by atomic mass is 10.1. The number of rotatable bonds is 6. The van der Waals surface area contributed by atoms with Crippen LogP contribution in [0.1, 0.15) is 19.5 Å². The summed E-state index contributed by atoms with van der Waals surface area (Å²) < 4.78 is 9.81. The molecule has 7 heteroatoms. The van der Waals surface area contributed by atoms with Crippen LogP contribution < -0.4 is 10.1 Å². The first-order valence-electron chi connectivity index (χ1n) is 5.86. The zero-order chi connectivity index (χ0) is 14.3. The van der Waals surface area contributed by atoms with Crippen molar-refractivity contribution in [3.8, 4) is 6.01 Å². The van der Waals surface area contributed by atoms with Gasteiger partial charge in [0.25, 0.3) is 0 Å². The van der Waals surface area contributed by atoms with Gasteiger partial charge in [0.15, 0.2) is 0 Å². The molecule has 0 aliphatic heterocycles. The molecule has 0 fully saturated rings. The van der Waals surface area contributed by atoms with Crippen molar-refractivity contribution in [3.63, 3.8) is 0 Å². The highest BCUT2D eigenvalue weighted by Gasteiger charge is 2.22. The average molecular weight is 267 g/mol. The Bertz CT molecular complexity index is 450. The van der Waals surface area contributed by atoms with Crippen molar-refractivity contribution >= 4 is 11.9 Å². The molecule has 0 saturated carbocycles. The predicted octanol–water partition coefficient (Wildman–Crippen LogP) is 0.0955. The molecular formula is C12H17N3O4. The second kappa shape index (κ2) is 7.30. The minimum atomic E-state index is -0.767. The van der Waals surface area contributed by atoms with E-state index in [1.54, 1.807) is 13.0 Å². The quantitative estimate of drug-likeness (QED) is 0.735. The number of nitrogens with zero attached hydrogens (tertiary/aromatic N) is 2. The normalized spacial score (nSPS) is 11.5. The first-order chi connectivity index (χ1) is 9.06. The number of carbonyl (C=O) groups excluding carboxylic acids is 2. The number of amides is 1. The second-order valence-corrected chi connectivity index (χ2v) is 3.74.